The molecule has 0 radical (unpaired) electrons. The molecule has 8 heteroatoms. The normalized spacial score (nSPS) is 23.5. The van der Waals surface area contributed by atoms with Crippen molar-refractivity contribution in [1.29, 1.82) is 0 Å². The predicted molar refractivity (Wildman–Crippen MR) is 60.4 cm³/mol. The minimum absolute atomic E-state index is 0.0555. The van der Waals surface area contributed by atoms with Crippen LogP contribution in [0.4, 0.5) is 13.2 Å². The van der Waals surface area contributed by atoms with Gasteiger partial charge in [-0.3, -0.25) is 4.79 Å². The Morgan fingerprint density at radius 2 is 2.05 bits per heavy atom. The molecule has 0 aliphatic carbocycles. The average Bonchev–Trinajstić information content (AvgIpc) is 2.28. The summed E-state index contributed by atoms with van der Waals surface area (Å²) in [5.41, 5.74) is -3.24. The summed E-state index contributed by atoms with van der Waals surface area (Å²) in [5.74, 6) is -3.06. The van der Waals surface area contributed by atoms with E-state index in [-0.39, 0.29) is 12.3 Å². The van der Waals surface area contributed by atoms with Crippen molar-refractivity contribution in [1.82, 2.24) is 10.6 Å². The summed E-state index contributed by atoms with van der Waals surface area (Å²) >= 11 is 0. The van der Waals surface area contributed by atoms with Crippen LogP contribution in [0.1, 0.15) is 26.2 Å². The minimum atomic E-state index is -5.04. The lowest BCUT2D eigenvalue weighted by molar-refractivity contribution is -0.207. The number of hydrogen-bond acceptors (Lipinski definition) is 3. The van der Waals surface area contributed by atoms with Gasteiger partial charge in [0, 0.05) is 6.42 Å². The van der Waals surface area contributed by atoms with E-state index in [4.69, 9.17) is 5.11 Å². The van der Waals surface area contributed by atoms with Crippen molar-refractivity contribution < 1.29 is 27.9 Å². The van der Waals surface area contributed by atoms with Crippen molar-refractivity contribution in [2.45, 2.75) is 37.9 Å². The Balaban J connectivity index is 2.64. The van der Waals surface area contributed by atoms with Crippen molar-refractivity contribution >= 4 is 11.9 Å². The summed E-state index contributed by atoms with van der Waals surface area (Å²) < 4.78 is 38.1. The third-order valence-electron chi connectivity index (χ3n) is 3.26. The highest BCUT2D eigenvalue weighted by atomic mass is 19.4. The maximum Gasteiger partial charge on any atom is 0.422 e. The molecule has 2 atom stereocenters. The van der Waals surface area contributed by atoms with E-state index in [1.54, 1.807) is 5.32 Å². The second-order valence-electron chi connectivity index (χ2n) is 4.89. The topological polar surface area (TPSA) is 78.4 Å². The van der Waals surface area contributed by atoms with Gasteiger partial charge in [-0.05, 0) is 38.8 Å². The Morgan fingerprint density at radius 1 is 1.42 bits per heavy atom. The predicted octanol–water partition coefficient (Wildman–Crippen LogP) is 0.898. The summed E-state index contributed by atoms with van der Waals surface area (Å²) in [5, 5.41) is 13.3. The van der Waals surface area contributed by atoms with Crippen LogP contribution >= 0.6 is 0 Å². The number of nitrogens with one attached hydrogen (secondary N) is 2. The summed E-state index contributed by atoms with van der Waals surface area (Å²) in [4.78, 5) is 22.3. The fraction of sp³-hybridized carbons (Fsp3) is 0.818. The first kappa shape index (κ1) is 15.7. The van der Waals surface area contributed by atoms with Crippen molar-refractivity contribution in [3.8, 4) is 0 Å². The number of hydrogen-bond donors (Lipinski definition) is 3. The summed E-state index contributed by atoms with van der Waals surface area (Å²) in [6.07, 6.45) is -3.55. The molecule has 5 nitrogen and oxygen atoms in total. The van der Waals surface area contributed by atoms with Gasteiger partial charge in [-0.25, -0.2) is 4.79 Å². The van der Waals surface area contributed by atoms with Crippen molar-refractivity contribution in [3.05, 3.63) is 0 Å². The van der Waals surface area contributed by atoms with E-state index in [0.717, 1.165) is 19.4 Å². The third kappa shape index (κ3) is 3.82. The monoisotopic (exact) mass is 282 g/mol. The Morgan fingerprint density at radius 3 is 2.47 bits per heavy atom. The van der Waals surface area contributed by atoms with E-state index >= 15 is 0 Å². The zero-order chi connectivity index (χ0) is 14.7. The molecule has 0 spiro atoms. The largest absolute Gasteiger partial charge is 0.479 e. The molecule has 110 valence electrons. The molecule has 1 rings (SSSR count). The number of rotatable bonds is 4. The Hall–Kier alpha value is -1.31. The molecule has 0 aromatic rings. The summed E-state index contributed by atoms with van der Waals surface area (Å²) in [6, 6.07) is 0. The zero-order valence-corrected chi connectivity index (χ0v) is 10.5. The average molecular weight is 282 g/mol. The second kappa shape index (κ2) is 5.77. The van der Waals surface area contributed by atoms with E-state index in [9.17, 15) is 22.8 Å². The number of alkyl halides is 3. The standard InChI is InChI=1S/C11H17F3N2O3/c1-10(9(18)19,11(12,13)14)16-8(17)5-7-3-2-4-15-6-7/h7,15H,2-6H2,1H3,(H,16,17)(H,18,19). The minimum Gasteiger partial charge on any atom is -0.479 e. The quantitative estimate of drug-likeness (QED) is 0.716. The number of carboxylic acid groups (broad SMARTS) is 1. The van der Waals surface area contributed by atoms with Gasteiger partial charge >= 0.3 is 12.1 Å². The molecular weight excluding hydrogens is 265 g/mol. The van der Waals surface area contributed by atoms with E-state index in [0.29, 0.717) is 13.5 Å². The summed E-state index contributed by atoms with van der Waals surface area (Å²) in [7, 11) is 0. The Kier molecular flexibility index (Phi) is 4.78. The summed E-state index contributed by atoms with van der Waals surface area (Å²) in [6.45, 7) is 1.84. The molecule has 1 fully saturated rings. The van der Waals surface area contributed by atoms with E-state index in [1.807, 2.05) is 0 Å². The molecule has 2 unspecified atom stereocenters. The number of carbonyl (C=O) groups is 2. The maximum absolute atomic E-state index is 12.7. The lowest BCUT2D eigenvalue weighted by Crippen LogP contribution is -2.62. The van der Waals surface area contributed by atoms with Crippen molar-refractivity contribution in [3.63, 3.8) is 0 Å². The maximum atomic E-state index is 12.7. The van der Waals surface area contributed by atoms with Gasteiger partial charge in [0.25, 0.3) is 0 Å². The number of halogens is 3. The van der Waals surface area contributed by atoms with Crippen LogP contribution in [0.3, 0.4) is 0 Å². The molecule has 1 heterocycles. The number of piperidine rings is 1. The van der Waals surface area contributed by atoms with E-state index in [2.05, 4.69) is 5.32 Å². The fourth-order valence-electron chi connectivity index (χ4n) is 1.94. The van der Waals surface area contributed by atoms with Gasteiger partial charge in [-0.1, -0.05) is 0 Å². The highest BCUT2D eigenvalue weighted by molar-refractivity contribution is 5.87. The molecule has 0 aromatic heterocycles. The van der Waals surface area contributed by atoms with Gasteiger partial charge in [-0.15, -0.1) is 0 Å². The Labute approximate surface area is 108 Å². The molecule has 3 N–H and O–H groups in total. The molecule has 19 heavy (non-hydrogen) atoms. The highest BCUT2D eigenvalue weighted by Crippen LogP contribution is 2.30. The van der Waals surface area contributed by atoms with Crippen LogP contribution in [-0.2, 0) is 9.59 Å². The van der Waals surface area contributed by atoms with Gasteiger partial charge in [0.2, 0.25) is 11.4 Å². The molecule has 0 bridgehead atoms. The molecule has 1 saturated heterocycles. The van der Waals surface area contributed by atoms with E-state index in [1.165, 1.54) is 0 Å². The Bertz CT molecular complexity index is 354. The first-order chi connectivity index (χ1) is 8.67. The fourth-order valence-corrected chi connectivity index (χ4v) is 1.94. The van der Waals surface area contributed by atoms with Gasteiger partial charge in [-0.2, -0.15) is 13.2 Å². The smallest absolute Gasteiger partial charge is 0.422 e. The molecule has 1 aliphatic rings. The SMILES string of the molecule is CC(NC(=O)CC1CCCNC1)(C(=O)O)C(F)(F)F. The lowest BCUT2D eigenvalue weighted by atomic mass is 9.94. The van der Waals surface area contributed by atoms with Crippen LogP contribution in [0, 0.1) is 5.92 Å². The van der Waals surface area contributed by atoms with E-state index < -0.39 is 23.6 Å². The van der Waals surface area contributed by atoms with Gasteiger partial charge in [0.1, 0.15) is 0 Å². The van der Waals surface area contributed by atoms with Crippen LogP contribution in [0.15, 0.2) is 0 Å². The van der Waals surface area contributed by atoms with Gasteiger partial charge in [0.05, 0.1) is 0 Å². The zero-order valence-electron chi connectivity index (χ0n) is 10.5. The van der Waals surface area contributed by atoms with Gasteiger partial charge in [0.15, 0.2) is 0 Å². The number of aliphatic carboxylic acids is 1. The first-order valence-electron chi connectivity index (χ1n) is 5.98. The second-order valence-corrected chi connectivity index (χ2v) is 4.89. The van der Waals surface area contributed by atoms with Crippen LogP contribution in [0.5, 0.6) is 0 Å². The number of carboxylic acids is 1. The van der Waals surface area contributed by atoms with Crippen molar-refractivity contribution in [2.24, 2.45) is 5.92 Å². The molecular formula is C11H17F3N2O3. The number of carbonyl (C=O) groups excluding carboxylic acids is 1. The highest BCUT2D eigenvalue weighted by Gasteiger charge is 2.58. The van der Waals surface area contributed by atoms with Crippen LogP contribution in [0.2, 0.25) is 0 Å². The molecule has 0 saturated carbocycles. The third-order valence-corrected chi connectivity index (χ3v) is 3.26. The first-order valence-corrected chi connectivity index (χ1v) is 5.98. The van der Waals surface area contributed by atoms with Crippen molar-refractivity contribution in [2.75, 3.05) is 13.1 Å². The molecule has 0 aromatic carbocycles. The van der Waals surface area contributed by atoms with Crippen LogP contribution < -0.4 is 10.6 Å². The van der Waals surface area contributed by atoms with Crippen LogP contribution in [0.25, 0.3) is 0 Å². The molecule has 1 aliphatic heterocycles. The lowest BCUT2D eigenvalue weighted by Gasteiger charge is -2.30. The van der Waals surface area contributed by atoms with Gasteiger partial charge < -0.3 is 15.7 Å². The molecule has 1 amide bonds. The van der Waals surface area contributed by atoms with Crippen LogP contribution in [-0.4, -0.2) is 41.8 Å². The number of amides is 1.